The summed E-state index contributed by atoms with van der Waals surface area (Å²) >= 11 is 0. The standard InChI is InChI=1S/C25H28O4/c1-20(21-13-7-6-8-14-21)27-17-11-4-2-3-5-12-18-28-24-19-25(26)29-23-16-10-9-15-22(23)24/h6-10,13-16,19H,1-5,11-12,17-18H2. The predicted octanol–water partition coefficient (Wildman–Crippen LogP) is 6.20. The Morgan fingerprint density at radius 1 is 0.828 bits per heavy atom. The van der Waals surface area contributed by atoms with E-state index in [0.29, 0.717) is 24.5 Å². The molecule has 0 aliphatic carbocycles. The van der Waals surface area contributed by atoms with Gasteiger partial charge in [-0.25, -0.2) is 4.79 Å². The SMILES string of the molecule is C=C(OCCCCCCCCOc1cc(=O)oc2ccccc12)c1ccccc1. The number of hydrogen-bond donors (Lipinski definition) is 0. The molecule has 0 atom stereocenters. The maximum absolute atomic E-state index is 11.6. The second kappa shape index (κ2) is 11.1. The van der Waals surface area contributed by atoms with E-state index in [4.69, 9.17) is 13.9 Å². The molecular formula is C25H28O4. The fourth-order valence-corrected chi connectivity index (χ4v) is 3.20. The first-order valence-corrected chi connectivity index (χ1v) is 10.3. The molecule has 1 aromatic heterocycles. The fraction of sp³-hybridized carbons (Fsp3) is 0.320. The third kappa shape index (κ3) is 6.53. The zero-order valence-electron chi connectivity index (χ0n) is 16.8. The lowest BCUT2D eigenvalue weighted by Crippen LogP contribution is -2.03. The van der Waals surface area contributed by atoms with E-state index in [-0.39, 0.29) is 5.63 Å². The molecular weight excluding hydrogens is 364 g/mol. The number of hydrogen-bond acceptors (Lipinski definition) is 4. The highest BCUT2D eigenvalue weighted by molar-refractivity contribution is 5.82. The summed E-state index contributed by atoms with van der Waals surface area (Å²) in [5.74, 6) is 1.35. The molecule has 1 heterocycles. The summed E-state index contributed by atoms with van der Waals surface area (Å²) in [5.41, 5.74) is 1.22. The van der Waals surface area contributed by atoms with Gasteiger partial charge in [0.1, 0.15) is 17.1 Å². The summed E-state index contributed by atoms with van der Waals surface area (Å²) in [5, 5.41) is 0.837. The van der Waals surface area contributed by atoms with Gasteiger partial charge < -0.3 is 13.9 Å². The molecule has 3 rings (SSSR count). The molecule has 4 nitrogen and oxygen atoms in total. The topological polar surface area (TPSA) is 48.7 Å². The molecule has 0 radical (unpaired) electrons. The van der Waals surface area contributed by atoms with E-state index in [9.17, 15) is 4.79 Å². The van der Waals surface area contributed by atoms with Crippen LogP contribution in [0.4, 0.5) is 0 Å². The lowest BCUT2D eigenvalue weighted by atomic mass is 10.1. The maximum atomic E-state index is 11.6. The summed E-state index contributed by atoms with van der Waals surface area (Å²) in [6.07, 6.45) is 6.61. The highest BCUT2D eigenvalue weighted by Crippen LogP contribution is 2.23. The smallest absolute Gasteiger partial charge is 0.339 e. The number of rotatable bonds is 12. The van der Waals surface area contributed by atoms with Crippen LogP contribution < -0.4 is 10.4 Å². The number of benzene rings is 2. The molecule has 0 unspecified atom stereocenters. The van der Waals surface area contributed by atoms with E-state index >= 15 is 0 Å². The van der Waals surface area contributed by atoms with Crippen molar-refractivity contribution in [2.24, 2.45) is 0 Å². The largest absolute Gasteiger partial charge is 0.494 e. The summed E-state index contributed by atoms with van der Waals surface area (Å²) < 4.78 is 16.7. The van der Waals surface area contributed by atoms with Crippen molar-refractivity contribution in [2.75, 3.05) is 13.2 Å². The lowest BCUT2D eigenvalue weighted by Gasteiger charge is -2.09. The van der Waals surface area contributed by atoms with Crippen LogP contribution in [-0.4, -0.2) is 13.2 Å². The minimum atomic E-state index is -0.379. The van der Waals surface area contributed by atoms with E-state index < -0.39 is 0 Å². The molecule has 2 aromatic carbocycles. The van der Waals surface area contributed by atoms with Gasteiger partial charge in [-0.1, -0.05) is 74.7 Å². The predicted molar refractivity (Wildman–Crippen MR) is 117 cm³/mol. The Bertz CT molecular complexity index is 959. The number of unbranched alkanes of at least 4 members (excludes halogenated alkanes) is 5. The van der Waals surface area contributed by atoms with Gasteiger partial charge in [0.15, 0.2) is 0 Å². The molecule has 0 amide bonds. The molecule has 4 heteroatoms. The van der Waals surface area contributed by atoms with Crippen LogP contribution in [-0.2, 0) is 4.74 Å². The Morgan fingerprint density at radius 3 is 2.28 bits per heavy atom. The molecule has 0 saturated heterocycles. The first kappa shape index (κ1) is 20.7. The Hall–Kier alpha value is -3.01. The van der Waals surface area contributed by atoms with Crippen molar-refractivity contribution in [1.29, 1.82) is 0 Å². The fourth-order valence-electron chi connectivity index (χ4n) is 3.20. The van der Waals surface area contributed by atoms with Gasteiger partial charge in [0.2, 0.25) is 0 Å². The minimum absolute atomic E-state index is 0.379. The number of fused-ring (bicyclic) bond motifs is 1. The van der Waals surface area contributed by atoms with Crippen molar-refractivity contribution in [3.8, 4) is 5.75 Å². The molecule has 29 heavy (non-hydrogen) atoms. The minimum Gasteiger partial charge on any atom is -0.494 e. The molecule has 0 aliphatic rings. The van der Waals surface area contributed by atoms with Gasteiger partial charge in [0, 0.05) is 5.56 Å². The van der Waals surface area contributed by atoms with Gasteiger partial charge in [-0.3, -0.25) is 0 Å². The summed E-state index contributed by atoms with van der Waals surface area (Å²) in [4.78, 5) is 11.6. The maximum Gasteiger partial charge on any atom is 0.339 e. The van der Waals surface area contributed by atoms with Crippen LogP contribution in [0.1, 0.15) is 44.1 Å². The third-order valence-corrected chi connectivity index (χ3v) is 4.78. The Kier molecular flexibility index (Phi) is 7.93. The monoisotopic (exact) mass is 392 g/mol. The van der Waals surface area contributed by atoms with Crippen LogP contribution in [0.15, 0.2) is 76.5 Å². The van der Waals surface area contributed by atoms with Crippen LogP contribution in [0.2, 0.25) is 0 Å². The van der Waals surface area contributed by atoms with Gasteiger partial charge >= 0.3 is 5.63 Å². The summed E-state index contributed by atoms with van der Waals surface area (Å²) in [6.45, 7) is 5.29. The molecule has 0 spiro atoms. The first-order chi connectivity index (χ1) is 14.2. The second-order valence-corrected chi connectivity index (χ2v) is 7.03. The van der Waals surface area contributed by atoms with Gasteiger partial charge in [0.05, 0.1) is 24.7 Å². The van der Waals surface area contributed by atoms with E-state index in [2.05, 4.69) is 6.58 Å². The molecule has 0 fully saturated rings. The Labute approximate surface area is 171 Å². The average molecular weight is 392 g/mol. The Morgan fingerprint density at radius 2 is 1.48 bits per heavy atom. The normalized spacial score (nSPS) is 10.8. The van der Waals surface area contributed by atoms with Crippen LogP contribution in [0.3, 0.4) is 0 Å². The van der Waals surface area contributed by atoms with Gasteiger partial charge in [-0.2, -0.15) is 0 Å². The highest BCUT2D eigenvalue weighted by atomic mass is 16.5. The number of para-hydroxylation sites is 1. The van der Waals surface area contributed by atoms with E-state index in [1.165, 1.54) is 18.9 Å². The van der Waals surface area contributed by atoms with Gasteiger partial charge in [-0.05, 0) is 25.0 Å². The van der Waals surface area contributed by atoms with Crippen LogP contribution >= 0.6 is 0 Å². The molecule has 0 bridgehead atoms. The van der Waals surface area contributed by atoms with Crippen molar-refractivity contribution in [2.45, 2.75) is 38.5 Å². The molecule has 0 saturated carbocycles. The van der Waals surface area contributed by atoms with Crippen molar-refractivity contribution in [1.82, 2.24) is 0 Å². The van der Waals surface area contributed by atoms with Gasteiger partial charge in [0.25, 0.3) is 0 Å². The molecule has 152 valence electrons. The van der Waals surface area contributed by atoms with E-state index in [1.807, 2.05) is 48.5 Å². The van der Waals surface area contributed by atoms with Crippen molar-refractivity contribution in [3.05, 3.63) is 83.2 Å². The first-order valence-electron chi connectivity index (χ1n) is 10.3. The lowest BCUT2D eigenvalue weighted by molar-refractivity contribution is 0.266. The molecule has 0 N–H and O–H groups in total. The zero-order chi connectivity index (χ0) is 20.3. The second-order valence-electron chi connectivity index (χ2n) is 7.03. The number of ether oxygens (including phenoxy) is 2. The third-order valence-electron chi connectivity index (χ3n) is 4.78. The average Bonchev–Trinajstić information content (AvgIpc) is 2.75. The van der Waals surface area contributed by atoms with Crippen molar-refractivity contribution in [3.63, 3.8) is 0 Å². The van der Waals surface area contributed by atoms with E-state index in [0.717, 1.165) is 42.4 Å². The van der Waals surface area contributed by atoms with Crippen molar-refractivity contribution >= 4 is 16.7 Å². The molecule has 0 aliphatic heterocycles. The zero-order valence-corrected chi connectivity index (χ0v) is 16.8. The van der Waals surface area contributed by atoms with Crippen LogP contribution in [0.25, 0.3) is 16.7 Å². The van der Waals surface area contributed by atoms with Crippen molar-refractivity contribution < 1.29 is 13.9 Å². The molecule has 3 aromatic rings. The van der Waals surface area contributed by atoms with E-state index in [1.54, 1.807) is 6.07 Å². The van der Waals surface area contributed by atoms with Crippen LogP contribution in [0, 0.1) is 0 Å². The quantitative estimate of drug-likeness (QED) is 0.209. The Balaban J connectivity index is 1.25. The highest BCUT2D eigenvalue weighted by Gasteiger charge is 2.05. The summed E-state index contributed by atoms with van der Waals surface area (Å²) in [7, 11) is 0. The van der Waals surface area contributed by atoms with Gasteiger partial charge in [-0.15, -0.1) is 0 Å². The van der Waals surface area contributed by atoms with Crippen LogP contribution in [0.5, 0.6) is 5.75 Å². The summed E-state index contributed by atoms with van der Waals surface area (Å²) in [6, 6.07) is 18.8.